The predicted molar refractivity (Wildman–Crippen MR) is 78.9 cm³/mol. The van der Waals surface area contributed by atoms with Crippen LogP contribution < -0.4 is 5.32 Å². The normalized spacial score (nSPS) is 10.3. The molecule has 1 aromatic carbocycles. The molecule has 6 nitrogen and oxygen atoms in total. The summed E-state index contributed by atoms with van der Waals surface area (Å²) in [5.74, 6) is -0.398. The van der Waals surface area contributed by atoms with Crippen LogP contribution in [0.25, 0.3) is 0 Å². The largest absolute Gasteiger partial charge is 0.340 e. The second-order valence-electron chi connectivity index (χ2n) is 4.39. The van der Waals surface area contributed by atoms with Crippen LogP contribution in [0.2, 0.25) is 0 Å². The number of carbonyl (C=O) groups excluding carboxylic acids is 1. The minimum Gasteiger partial charge on any atom is -0.340 e. The van der Waals surface area contributed by atoms with Crippen LogP contribution >= 0.6 is 15.9 Å². The number of anilines is 1. The van der Waals surface area contributed by atoms with Crippen LogP contribution in [-0.4, -0.2) is 15.4 Å². The standard InChI is InChI=1S/C13H12BrN3O3/c1-8-3-4-11(10(14)5-8)15-13(18)12-6-9(17(19)20)7-16(12)2/h3-7H,1-2H3,(H,15,18). The number of halogens is 1. The minimum absolute atomic E-state index is 0.111. The first-order chi connectivity index (χ1) is 9.38. The zero-order valence-electron chi connectivity index (χ0n) is 10.9. The molecule has 0 saturated carbocycles. The van der Waals surface area contributed by atoms with E-state index in [-0.39, 0.29) is 11.4 Å². The fourth-order valence-corrected chi connectivity index (χ4v) is 2.37. The fraction of sp³-hybridized carbons (Fsp3) is 0.154. The number of nitrogens with zero attached hydrogens (tertiary/aromatic N) is 2. The Kier molecular flexibility index (Phi) is 3.89. The third-order valence-electron chi connectivity index (χ3n) is 2.81. The molecule has 0 radical (unpaired) electrons. The first-order valence-electron chi connectivity index (χ1n) is 5.76. The molecule has 0 spiro atoms. The molecule has 1 heterocycles. The van der Waals surface area contributed by atoms with Crippen molar-refractivity contribution in [3.05, 3.63) is 56.3 Å². The molecule has 0 atom stereocenters. The van der Waals surface area contributed by atoms with Crippen molar-refractivity contribution in [2.24, 2.45) is 7.05 Å². The first-order valence-corrected chi connectivity index (χ1v) is 6.56. The molecule has 0 fully saturated rings. The summed E-state index contributed by atoms with van der Waals surface area (Å²) in [6.07, 6.45) is 1.30. The van der Waals surface area contributed by atoms with Gasteiger partial charge in [-0.05, 0) is 40.5 Å². The number of hydrogen-bond donors (Lipinski definition) is 1. The highest BCUT2D eigenvalue weighted by atomic mass is 79.9. The first kappa shape index (κ1) is 14.3. The Morgan fingerprint density at radius 2 is 2.10 bits per heavy atom. The van der Waals surface area contributed by atoms with Gasteiger partial charge in [-0.25, -0.2) is 0 Å². The van der Waals surface area contributed by atoms with E-state index in [2.05, 4.69) is 21.2 Å². The lowest BCUT2D eigenvalue weighted by Crippen LogP contribution is -2.15. The molecule has 1 aromatic heterocycles. The molecule has 20 heavy (non-hydrogen) atoms. The van der Waals surface area contributed by atoms with Gasteiger partial charge in [0.25, 0.3) is 11.6 Å². The van der Waals surface area contributed by atoms with Gasteiger partial charge >= 0.3 is 0 Å². The predicted octanol–water partition coefficient (Wildman–Crippen LogP) is 3.26. The van der Waals surface area contributed by atoms with Crippen LogP contribution in [0, 0.1) is 17.0 Å². The number of carbonyl (C=O) groups is 1. The molecule has 0 aliphatic carbocycles. The summed E-state index contributed by atoms with van der Waals surface area (Å²) >= 11 is 3.37. The third-order valence-corrected chi connectivity index (χ3v) is 3.46. The Balaban J connectivity index is 2.26. The van der Waals surface area contributed by atoms with Gasteiger partial charge in [-0.2, -0.15) is 0 Å². The maximum Gasteiger partial charge on any atom is 0.287 e. The third kappa shape index (κ3) is 2.88. The van der Waals surface area contributed by atoms with Crippen molar-refractivity contribution >= 4 is 33.2 Å². The lowest BCUT2D eigenvalue weighted by Gasteiger charge is -2.08. The van der Waals surface area contributed by atoms with Crippen molar-refractivity contribution in [2.45, 2.75) is 6.92 Å². The summed E-state index contributed by atoms with van der Waals surface area (Å²) in [7, 11) is 1.59. The van der Waals surface area contributed by atoms with Gasteiger partial charge in [0, 0.05) is 17.6 Å². The SMILES string of the molecule is Cc1ccc(NC(=O)c2cc([N+](=O)[O-])cn2C)c(Br)c1. The Morgan fingerprint density at radius 3 is 2.65 bits per heavy atom. The number of aromatic nitrogens is 1. The molecule has 0 unspecified atom stereocenters. The summed E-state index contributed by atoms with van der Waals surface area (Å²) in [5, 5.41) is 13.4. The Hall–Kier alpha value is -2.15. The molecule has 1 amide bonds. The van der Waals surface area contributed by atoms with E-state index in [4.69, 9.17) is 0 Å². The molecule has 1 N–H and O–H groups in total. The Bertz CT molecular complexity index is 694. The van der Waals surface area contributed by atoms with E-state index in [0.29, 0.717) is 5.69 Å². The van der Waals surface area contributed by atoms with E-state index < -0.39 is 10.8 Å². The highest BCUT2D eigenvalue weighted by Crippen LogP contribution is 2.24. The second-order valence-corrected chi connectivity index (χ2v) is 5.24. The van der Waals surface area contributed by atoms with Crippen molar-refractivity contribution in [1.29, 1.82) is 0 Å². The Labute approximate surface area is 123 Å². The zero-order chi connectivity index (χ0) is 14.9. The zero-order valence-corrected chi connectivity index (χ0v) is 12.5. The van der Waals surface area contributed by atoms with Crippen LogP contribution in [0.4, 0.5) is 11.4 Å². The smallest absolute Gasteiger partial charge is 0.287 e. The van der Waals surface area contributed by atoms with E-state index in [9.17, 15) is 14.9 Å². The van der Waals surface area contributed by atoms with Crippen molar-refractivity contribution in [2.75, 3.05) is 5.32 Å². The average Bonchev–Trinajstić information content (AvgIpc) is 2.75. The summed E-state index contributed by atoms with van der Waals surface area (Å²) in [5.41, 5.74) is 1.79. The number of rotatable bonds is 3. The molecule has 7 heteroatoms. The number of hydrogen-bond acceptors (Lipinski definition) is 3. The number of benzene rings is 1. The van der Waals surface area contributed by atoms with E-state index in [0.717, 1.165) is 10.0 Å². The van der Waals surface area contributed by atoms with Crippen molar-refractivity contribution in [1.82, 2.24) is 4.57 Å². The quantitative estimate of drug-likeness (QED) is 0.689. The Morgan fingerprint density at radius 1 is 1.40 bits per heavy atom. The molecule has 0 saturated heterocycles. The second kappa shape index (κ2) is 5.46. The van der Waals surface area contributed by atoms with E-state index in [1.54, 1.807) is 13.1 Å². The molecule has 0 bridgehead atoms. The minimum atomic E-state index is -0.529. The van der Waals surface area contributed by atoms with Gasteiger partial charge in [0.2, 0.25) is 0 Å². The fourth-order valence-electron chi connectivity index (χ4n) is 1.78. The van der Waals surface area contributed by atoms with Gasteiger partial charge < -0.3 is 9.88 Å². The number of nitro groups is 1. The van der Waals surface area contributed by atoms with Gasteiger partial charge in [0.15, 0.2) is 0 Å². The van der Waals surface area contributed by atoms with Crippen LogP contribution in [0.15, 0.2) is 34.9 Å². The molecule has 2 rings (SSSR count). The van der Waals surface area contributed by atoms with Gasteiger partial charge in [0.1, 0.15) is 5.69 Å². The van der Waals surface area contributed by atoms with Crippen LogP contribution in [0.1, 0.15) is 16.1 Å². The molecule has 104 valence electrons. The lowest BCUT2D eigenvalue weighted by atomic mass is 10.2. The van der Waals surface area contributed by atoms with Crippen molar-refractivity contribution in [3.8, 4) is 0 Å². The summed E-state index contributed by atoms with van der Waals surface area (Å²) in [4.78, 5) is 22.3. The highest BCUT2D eigenvalue weighted by molar-refractivity contribution is 9.10. The molecule has 2 aromatic rings. The summed E-state index contributed by atoms with van der Waals surface area (Å²) in [6.45, 7) is 1.94. The molecular formula is C13H12BrN3O3. The van der Waals surface area contributed by atoms with Crippen molar-refractivity contribution < 1.29 is 9.72 Å². The number of amides is 1. The van der Waals surface area contributed by atoms with E-state index >= 15 is 0 Å². The van der Waals surface area contributed by atoms with Crippen LogP contribution in [0.5, 0.6) is 0 Å². The van der Waals surface area contributed by atoms with Crippen molar-refractivity contribution in [3.63, 3.8) is 0 Å². The van der Waals surface area contributed by atoms with Gasteiger partial charge in [-0.1, -0.05) is 6.07 Å². The molecule has 0 aliphatic heterocycles. The summed E-state index contributed by atoms with van der Waals surface area (Å²) in [6, 6.07) is 6.77. The highest BCUT2D eigenvalue weighted by Gasteiger charge is 2.18. The van der Waals surface area contributed by atoms with E-state index in [1.807, 2.05) is 19.1 Å². The van der Waals surface area contributed by atoms with E-state index in [1.165, 1.54) is 16.8 Å². The van der Waals surface area contributed by atoms with Gasteiger partial charge in [-0.3, -0.25) is 14.9 Å². The lowest BCUT2D eigenvalue weighted by molar-refractivity contribution is -0.384. The van der Waals surface area contributed by atoms with Crippen LogP contribution in [-0.2, 0) is 7.05 Å². The van der Waals surface area contributed by atoms with Crippen LogP contribution in [0.3, 0.4) is 0 Å². The monoisotopic (exact) mass is 337 g/mol. The van der Waals surface area contributed by atoms with Gasteiger partial charge in [0.05, 0.1) is 16.8 Å². The summed E-state index contributed by atoms with van der Waals surface area (Å²) < 4.78 is 2.19. The molecule has 0 aliphatic rings. The maximum absolute atomic E-state index is 12.1. The van der Waals surface area contributed by atoms with Gasteiger partial charge in [-0.15, -0.1) is 0 Å². The average molecular weight is 338 g/mol. The molecular weight excluding hydrogens is 326 g/mol. The number of nitrogens with one attached hydrogen (secondary N) is 1. The topological polar surface area (TPSA) is 77.2 Å². The number of aryl methyl sites for hydroxylation is 2. The maximum atomic E-state index is 12.1.